The zero-order chi connectivity index (χ0) is 8.53. The Bertz CT molecular complexity index is 119. The molecule has 0 bridgehead atoms. The summed E-state index contributed by atoms with van der Waals surface area (Å²) in [5, 5.41) is 8.44. The Morgan fingerprint density at radius 1 is 1.27 bits per heavy atom. The van der Waals surface area contributed by atoms with Gasteiger partial charge in [-0.2, -0.15) is 0 Å². The van der Waals surface area contributed by atoms with Gasteiger partial charge in [-0.1, -0.05) is 19.4 Å². The molecule has 0 atom stereocenters. The molecular formula is C9H16O2. The van der Waals surface area contributed by atoms with Crippen molar-refractivity contribution in [1.82, 2.24) is 0 Å². The molecule has 0 aromatic heterocycles. The number of carbonyl (C=O) groups excluding carboxylic acids is 1. The van der Waals surface area contributed by atoms with Gasteiger partial charge in [0.1, 0.15) is 0 Å². The Morgan fingerprint density at radius 2 is 1.91 bits per heavy atom. The normalized spacial score (nSPS) is 9.55. The molecule has 0 aliphatic heterocycles. The number of hydrogen-bond donors (Lipinski definition) is 1. The van der Waals surface area contributed by atoms with E-state index >= 15 is 0 Å². The van der Waals surface area contributed by atoms with Gasteiger partial charge in [-0.05, 0) is 18.9 Å². The van der Waals surface area contributed by atoms with Crippen molar-refractivity contribution in [3.63, 3.8) is 0 Å². The lowest BCUT2D eigenvalue weighted by molar-refractivity contribution is -0.114. The molecule has 2 heteroatoms. The molecule has 0 aromatic carbocycles. The number of aliphatic hydroxyl groups is 1. The third-order valence-corrected chi connectivity index (χ3v) is 1.56. The Hall–Kier alpha value is -0.630. The summed E-state index contributed by atoms with van der Waals surface area (Å²) in [6.45, 7) is 3.65. The third-order valence-electron chi connectivity index (χ3n) is 1.56. The van der Waals surface area contributed by atoms with Crippen LogP contribution in [-0.4, -0.2) is 17.5 Å². The fourth-order valence-corrected chi connectivity index (χ4v) is 0.867. The zero-order valence-electron chi connectivity index (χ0n) is 6.88. The van der Waals surface area contributed by atoms with Crippen LogP contribution in [0.3, 0.4) is 0 Å². The van der Waals surface area contributed by atoms with Crippen molar-refractivity contribution in [2.45, 2.75) is 32.1 Å². The molecule has 0 aliphatic rings. The van der Waals surface area contributed by atoms with Crippen molar-refractivity contribution in [3.8, 4) is 0 Å². The van der Waals surface area contributed by atoms with E-state index in [1.165, 1.54) is 6.08 Å². The van der Waals surface area contributed by atoms with E-state index in [1.54, 1.807) is 0 Å². The summed E-state index contributed by atoms with van der Waals surface area (Å²) < 4.78 is 0. The van der Waals surface area contributed by atoms with E-state index in [4.69, 9.17) is 5.11 Å². The van der Waals surface area contributed by atoms with Gasteiger partial charge in [0, 0.05) is 13.0 Å². The average Bonchev–Trinajstić information content (AvgIpc) is 2.04. The Kier molecular flexibility index (Phi) is 7.05. The number of aliphatic hydroxyl groups excluding tert-OH is 1. The molecule has 0 rings (SSSR count). The van der Waals surface area contributed by atoms with Gasteiger partial charge in [0.15, 0.2) is 5.78 Å². The highest BCUT2D eigenvalue weighted by Crippen LogP contribution is 2.02. The molecule has 0 heterocycles. The minimum absolute atomic E-state index is 0.119. The minimum atomic E-state index is 0.119. The topological polar surface area (TPSA) is 37.3 Å². The summed E-state index contributed by atoms with van der Waals surface area (Å²) in [7, 11) is 0. The van der Waals surface area contributed by atoms with Crippen molar-refractivity contribution in [3.05, 3.63) is 12.7 Å². The second-order valence-electron chi connectivity index (χ2n) is 2.56. The standard InChI is InChI=1S/C9H16O2/c1-2-9(11)7-5-3-4-6-8-10/h2,10H,1,3-8H2. The molecule has 64 valence electrons. The number of rotatable bonds is 7. The van der Waals surface area contributed by atoms with Gasteiger partial charge in [0.25, 0.3) is 0 Å². The molecule has 0 radical (unpaired) electrons. The average molecular weight is 156 g/mol. The molecular weight excluding hydrogens is 140 g/mol. The minimum Gasteiger partial charge on any atom is -0.396 e. The van der Waals surface area contributed by atoms with E-state index in [1.807, 2.05) is 0 Å². The Labute approximate surface area is 67.9 Å². The van der Waals surface area contributed by atoms with E-state index in [2.05, 4.69) is 6.58 Å². The molecule has 0 aromatic rings. The summed E-state index contributed by atoms with van der Waals surface area (Å²) >= 11 is 0. The molecule has 0 saturated heterocycles. The van der Waals surface area contributed by atoms with Crippen molar-refractivity contribution < 1.29 is 9.90 Å². The van der Waals surface area contributed by atoms with Crippen LogP contribution < -0.4 is 0 Å². The molecule has 0 amide bonds. The van der Waals surface area contributed by atoms with Crippen LogP contribution in [0.2, 0.25) is 0 Å². The molecule has 1 N–H and O–H groups in total. The fraction of sp³-hybridized carbons (Fsp3) is 0.667. The van der Waals surface area contributed by atoms with Gasteiger partial charge in [0.05, 0.1) is 0 Å². The van der Waals surface area contributed by atoms with Crippen LogP contribution in [0.4, 0.5) is 0 Å². The first-order valence-corrected chi connectivity index (χ1v) is 4.07. The second kappa shape index (κ2) is 7.48. The third kappa shape index (κ3) is 7.26. The van der Waals surface area contributed by atoms with E-state index in [0.717, 1.165) is 25.7 Å². The summed E-state index contributed by atoms with van der Waals surface area (Å²) in [5.41, 5.74) is 0. The second-order valence-corrected chi connectivity index (χ2v) is 2.56. The monoisotopic (exact) mass is 156 g/mol. The van der Waals surface area contributed by atoms with Gasteiger partial charge < -0.3 is 5.11 Å². The molecule has 11 heavy (non-hydrogen) atoms. The van der Waals surface area contributed by atoms with Crippen molar-refractivity contribution >= 4 is 5.78 Å². The first-order chi connectivity index (χ1) is 5.31. The van der Waals surface area contributed by atoms with Crippen molar-refractivity contribution in [2.24, 2.45) is 0 Å². The number of hydrogen-bond acceptors (Lipinski definition) is 2. The molecule has 0 saturated carbocycles. The number of ketones is 1. The van der Waals surface area contributed by atoms with Crippen LogP contribution in [0.5, 0.6) is 0 Å². The molecule has 2 nitrogen and oxygen atoms in total. The van der Waals surface area contributed by atoms with Gasteiger partial charge in [0.2, 0.25) is 0 Å². The predicted octanol–water partition coefficient (Wildman–Crippen LogP) is 1.68. The van der Waals surface area contributed by atoms with E-state index in [-0.39, 0.29) is 12.4 Å². The number of allylic oxidation sites excluding steroid dienone is 1. The lowest BCUT2D eigenvalue weighted by atomic mass is 10.1. The largest absolute Gasteiger partial charge is 0.396 e. The fourth-order valence-electron chi connectivity index (χ4n) is 0.867. The van der Waals surface area contributed by atoms with Gasteiger partial charge in [-0.15, -0.1) is 0 Å². The highest BCUT2D eigenvalue weighted by Gasteiger charge is 1.94. The maximum atomic E-state index is 10.7. The molecule has 0 aliphatic carbocycles. The van der Waals surface area contributed by atoms with Crippen LogP contribution in [0.15, 0.2) is 12.7 Å². The maximum absolute atomic E-state index is 10.7. The SMILES string of the molecule is C=CC(=O)CCCCCCO. The maximum Gasteiger partial charge on any atom is 0.155 e. The Balaban J connectivity index is 3.01. The summed E-state index contributed by atoms with van der Waals surface area (Å²) in [5.74, 6) is 0.119. The quantitative estimate of drug-likeness (QED) is 0.450. The van der Waals surface area contributed by atoms with Gasteiger partial charge in [-0.3, -0.25) is 4.79 Å². The first kappa shape index (κ1) is 10.4. The molecule has 0 fully saturated rings. The van der Waals surface area contributed by atoms with E-state index in [0.29, 0.717) is 6.42 Å². The zero-order valence-corrected chi connectivity index (χ0v) is 6.88. The summed E-state index contributed by atoms with van der Waals surface area (Å²) in [4.78, 5) is 10.7. The van der Waals surface area contributed by atoms with Gasteiger partial charge >= 0.3 is 0 Å². The van der Waals surface area contributed by atoms with Crippen LogP contribution >= 0.6 is 0 Å². The van der Waals surface area contributed by atoms with Crippen LogP contribution in [0, 0.1) is 0 Å². The van der Waals surface area contributed by atoms with Crippen LogP contribution in [0.1, 0.15) is 32.1 Å². The smallest absolute Gasteiger partial charge is 0.155 e. The number of carbonyl (C=O) groups is 1. The lowest BCUT2D eigenvalue weighted by Gasteiger charge is -1.96. The molecule has 0 unspecified atom stereocenters. The number of unbranched alkanes of at least 4 members (excludes halogenated alkanes) is 3. The van der Waals surface area contributed by atoms with Gasteiger partial charge in [-0.25, -0.2) is 0 Å². The highest BCUT2D eigenvalue weighted by molar-refractivity contribution is 5.88. The highest BCUT2D eigenvalue weighted by atomic mass is 16.2. The van der Waals surface area contributed by atoms with Crippen molar-refractivity contribution in [2.75, 3.05) is 6.61 Å². The van der Waals surface area contributed by atoms with E-state index < -0.39 is 0 Å². The predicted molar refractivity (Wildman–Crippen MR) is 45.4 cm³/mol. The first-order valence-electron chi connectivity index (χ1n) is 4.07. The Morgan fingerprint density at radius 3 is 2.45 bits per heavy atom. The molecule has 0 spiro atoms. The van der Waals surface area contributed by atoms with Crippen molar-refractivity contribution in [1.29, 1.82) is 0 Å². The summed E-state index contributed by atoms with van der Waals surface area (Å²) in [6, 6.07) is 0. The summed E-state index contributed by atoms with van der Waals surface area (Å²) in [6.07, 6.45) is 5.79. The van der Waals surface area contributed by atoms with Crippen LogP contribution in [0.25, 0.3) is 0 Å². The van der Waals surface area contributed by atoms with Crippen LogP contribution in [-0.2, 0) is 4.79 Å². The lowest BCUT2D eigenvalue weighted by Crippen LogP contribution is -1.91. The van der Waals surface area contributed by atoms with E-state index in [9.17, 15) is 4.79 Å².